The molecule has 0 spiro atoms. The van der Waals surface area contributed by atoms with Gasteiger partial charge in [-0.25, -0.2) is 19.3 Å². The largest absolute Gasteiger partial charge is 0.424 e. The van der Waals surface area contributed by atoms with E-state index in [2.05, 4.69) is 36.2 Å². The lowest BCUT2D eigenvalue weighted by molar-refractivity contribution is -0.137. The van der Waals surface area contributed by atoms with E-state index < -0.39 is 24.0 Å². The highest BCUT2D eigenvalue weighted by atomic mass is 79.9. The van der Waals surface area contributed by atoms with E-state index in [1.165, 1.54) is 11.8 Å². The summed E-state index contributed by atoms with van der Waals surface area (Å²) in [5.41, 5.74) is 1.90. The number of likely N-dealkylation sites (tertiary alicyclic amines) is 1. The lowest BCUT2D eigenvalue weighted by Gasteiger charge is -2.24. The number of fused-ring (bicyclic) bond motifs is 1. The molecule has 10 nitrogen and oxygen atoms in total. The molecule has 3 aromatic heterocycles. The summed E-state index contributed by atoms with van der Waals surface area (Å²) in [7, 11) is 0. The van der Waals surface area contributed by atoms with Crippen molar-refractivity contribution in [2.45, 2.75) is 39.0 Å². The third kappa shape index (κ3) is 5.80. The number of hydrogen-bond donors (Lipinski definition) is 1. The number of aromatic nitrogens is 4. The van der Waals surface area contributed by atoms with Crippen molar-refractivity contribution >= 4 is 50.2 Å². The van der Waals surface area contributed by atoms with Crippen molar-refractivity contribution in [3.63, 3.8) is 0 Å². The molecule has 200 valence electrons. The summed E-state index contributed by atoms with van der Waals surface area (Å²) < 4.78 is 22.3. The van der Waals surface area contributed by atoms with Gasteiger partial charge in [0.1, 0.15) is 34.9 Å². The Morgan fingerprint density at radius 1 is 1.18 bits per heavy atom. The van der Waals surface area contributed by atoms with Gasteiger partial charge in [0.05, 0.1) is 6.54 Å². The van der Waals surface area contributed by atoms with Crippen LogP contribution in [0, 0.1) is 6.92 Å². The van der Waals surface area contributed by atoms with Gasteiger partial charge in [-0.3, -0.25) is 14.4 Å². The minimum atomic E-state index is -1.34. The average Bonchev–Trinajstić information content (AvgIpc) is 3.46. The molecule has 4 heterocycles. The number of anilines is 1. The van der Waals surface area contributed by atoms with Crippen molar-refractivity contribution in [3.8, 4) is 11.8 Å². The Kier molecular flexibility index (Phi) is 7.38. The molecule has 0 bridgehead atoms. The molecule has 2 atom stereocenters. The molecular weight excluding hydrogens is 571 g/mol. The first-order chi connectivity index (χ1) is 18.7. The lowest BCUT2D eigenvalue weighted by atomic mass is 10.1. The number of halogens is 2. The summed E-state index contributed by atoms with van der Waals surface area (Å²) in [6, 6.07) is 9.29. The van der Waals surface area contributed by atoms with Crippen LogP contribution in [-0.2, 0) is 16.1 Å². The van der Waals surface area contributed by atoms with Crippen LogP contribution in [-0.4, -0.2) is 60.8 Å². The number of ether oxygens (including phenoxy) is 1. The number of Topliss-reactive ketones (excluding diaryl/α,β-unsaturated/α-hetero) is 1. The van der Waals surface area contributed by atoms with E-state index in [0.29, 0.717) is 32.6 Å². The van der Waals surface area contributed by atoms with Gasteiger partial charge in [-0.05, 0) is 65.7 Å². The van der Waals surface area contributed by atoms with Crippen molar-refractivity contribution in [1.29, 1.82) is 0 Å². The van der Waals surface area contributed by atoms with Crippen LogP contribution in [0.3, 0.4) is 0 Å². The molecule has 1 aromatic carbocycles. The van der Waals surface area contributed by atoms with Crippen molar-refractivity contribution in [2.75, 3.05) is 11.9 Å². The van der Waals surface area contributed by atoms with Crippen LogP contribution in [0.1, 0.15) is 29.3 Å². The number of pyridine rings is 1. The van der Waals surface area contributed by atoms with Crippen LogP contribution in [0.25, 0.3) is 10.9 Å². The molecule has 0 unspecified atom stereocenters. The topological polar surface area (TPSA) is 119 Å². The number of amides is 2. The van der Waals surface area contributed by atoms with Crippen LogP contribution in [0.4, 0.5) is 10.2 Å². The molecule has 0 radical (unpaired) electrons. The fourth-order valence-electron chi connectivity index (χ4n) is 4.52. The molecule has 0 aliphatic carbocycles. The quantitative estimate of drug-likeness (QED) is 0.247. The van der Waals surface area contributed by atoms with Gasteiger partial charge in [0, 0.05) is 41.5 Å². The second-order valence-electron chi connectivity index (χ2n) is 9.28. The second kappa shape index (κ2) is 10.9. The molecule has 2 amide bonds. The van der Waals surface area contributed by atoms with Gasteiger partial charge in [0.2, 0.25) is 11.8 Å². The second-order valence-corrected chi connectivity index (χ2v) is 10.1. The molecular formula is C27H24BrFN6O4. The van der Waals surface area contributed by atoms with Gasteiger partial charge in [0.15, 0.2) is 5.78 Å². The lowest BCUT2D eigenvalue weighted by Crippen LogP contribution is -2.44. The van der Waals surface area contributed by atoms with Gasteiger partial charge in [-0.1, -0.05) is 6.07 Å². The van der Waals surface area contributed by atoms with E-state index in [1.54, 1.807) is 59.6 Å². The molecule has 5 rings (SSSR count). The number of alkyl halides is 1. The third-order valence-corrected chi connectivity index (χ3v) is 6.78. The SMILES string of the molecule is CC(=O)c1cn(CC(=O)N2C[C@H](F)C[C@H]2C(=O)Nc2cccc(Br)n2)c2ccc(Oc3ncc(C)cn3)cc12. The zero-order valence-corrected chi connectivity index (χ0v) is 22.7. The number of nitrogens with zero attached hydrogens (tertiary/aromatic N) is 5. The highest BCUT2D eigenvalue weighted by molar-refractivity contribution is 9.10. The Labute approximate surface area is 231 Å². The first-order valence-electron chi connectivity index (χ1n) is 12.1. The van der Waals surface area contributed by atoms with Gasteiger partial charge in [0.25, 0.3) is 0 Å². The minimum absolute atomic E-state index is 0.113. The van der Waals surface area contributed by atoms with E-state index in [9.17, 15) is 18.8 Å². The Morgan fingerprint density at radius 3 is 2.67 bits per heavy atom. The Balaban J connectivity index is 1.37. The summed E-state index contributed by atoms with van der Waals surface area (Å²) in [5.74, 6) is -0.441. The number of hydrogen-bond acceptors (Lipinski definition) is 7. The van der Waals surface area contributed by atoms with Crippen molar-refractivity contribution in [2.24, 2.45) is 0 Å². The van der Waals surface area contributed by atoms with E-state index in [4.69, 9.17) is 4.74 Å². The Bertz CT molecular complexity index is 1570. The van der Waals surface area contributed by atoms with E-state index in [1.807, 2.05) is 6.92 Å². The average molecular weight is 595 g/mol. The fourth-order valence-corrected chi connectivity index (χ4v) is 4.87. The molecule has 1 fully saturated rings. The Morgan fingerprint density at radius 2 is 1.95 bits per heavy atom. The van der Waals surface area contributed by atoms with Crippen LogP contribution in [0.5, 0.6) is 11.8 Å². The molecule has 12 heteroatoms. The summed E-state index contributed by atoms with van der Waals surface area (Å²) in [6.07, 6.45) is 3.40. The molecule has 1 aliphatic heterocycles. The molecule has 0 saturated carbocycles. The maximum absolute atomic E-state index is 14.4. The first kappa shape index (κ1) is 26.4. The zero-order chi connectivity index (χ0) is 27.7. The minimum Gasteiger partial charge on any atom is -0.424 e. The van der Waals surface area contributed by atoms with Crippen LogP contribution < -0.4 is 10.1 Å². The van der Waals surface area contributed by atoms with Crippen molar-refractivity contribution < 1.29 is 23.5 Å². The highest BCUT2D eigenvalue weighted by Crippen LogP contribution is 2.29. The fraction of sp³-hybridized carbons (Fsp3) is 0.259. The summed E-state index contributed by atoms with van der Waals surface area (Å²) >= 11 is 3.24. The van der Waals surface area contributed by atoms with Crippen molar-refractivity contribution in [3.05, 3.63) is 70.7 Å². The maximum atomic E-state index is 14.4. The number of benzene rings is 1. The molecule has 39 heavy (non-hydrogen) atoms. The standard InChI is InChI=1S/C27H24BrFN6O4/c1-15-10-30-27(31-11-15)39-18-6-7-21-19(9-18)20(16(2)36)13-34(21)14-25(37)35-12-17(29)8-22(35)26(38)33-24-5-3-4-23(28)32-24/h3-7,9-11,13,17,22H,8,12,14H2,1-2H3,(H,32,33,38)/t17-,22+/m1/s1. The monoisotopic (exact) mass is 594 g/mol. The number of carbonyl (C=O) groups excluding carboxylic acids is 3. The molecule has 1 aliphatic rings. The summed E-state index contributed by atoms with van der Waals surface area (Å²) in [5, 5.41) is 3.24. The number of carbonyl (C=O) groups is 3. The first-order valence-corrected chi connectivity index (χ1v) is 12.9. The number of aryl methyl sites for hydroxylation is 1. The van der Waals surface area contributed by atoms with E-state index >= 15 is 0 Å². The highest BCUT2D eigenvalue weighted by Gasteiger charge is 2.40. The molecule has 1 saturated heterocycles. The van der Waals surface area contributed by atoms with Crippen LogP contribution in [0.2, 0.25) is 0 Å². The van der Waals surface area contributed by atoms with Crippen LogP contribution >= 0.6 is 15.9 Å². The van der Waals surface area contributed by atoms with Crippen molar-refractivity contribution in [1.82, 2.24) is 24.4 Å². The predicted octanol–water partition coefficient (Wildman–Crippen LogP) is 4.47. The van der Waals surface area contributed by atoms with Gasteiger partial charge < -0.3 is 19.5 Å². The zero-order valence-electron chi connectivity index (χ0n) is 21.1. The van der Waals surface area contributed by atoms with E-state index in [0.717, 1.165) is 5.56 Å². The number of ketones is 1. The van der Waals surface area contributed by atoms with Gasteiger partial charge >= 0.3 is 6.01 Å². The number of rotatable bonds is 7. The summed E-state index contributed by atoms with van der Waals surface area (Å²) in [4.78, 5) is 52.4. The van der Waals surface area contributed by atoms with Gasteiger partial charge in [-0.2, -0.15) is 0 Å². The molecule has 4 aromatic rings. The Hall–Kier alpha value is -4.19. The molecule has 1 N–H and O–H groups in total. The summed E-state index contributed by atoms with van der Waals surface area (Å²) in [6.45, 7) is 2.91. The predicted molar refractivity (Wildman–Crippen MR) is 144 cm³/mol. The number of nitrogens with one attached hydrogen (secondary N) is 1. The maximum Gasteiger partial charge on any atom is 0.321 e. The van der Waals surface area contributed by atoms with Crippen LogP contribution in [0.15, 0.2) is 59.6 Å². The normalized spacial score (nSPS) is 16.9. The smallest absolute Gasteiger partial charge is 0.321 e. The van der Waals surface area contributed by atoms with E-state index in [-0.39, 0.29) is 31.3 Å². The third-order valence-electron chi connectivity index (χ3n) is 6.34. The van der Waals surface area contributed by atoms with Gasteiger partial charge in [-0.15, -0.1) is 0 Å².